The van der Waals surface area contributed by atoms with Crippen molar-refractivity contribution in [3.05, 3.63) is 0 Å². The second-order valence-electron chi connectivity index (χ2n) is 5.48. The van der Waals surface area contributed by atoms with Crippen molar-refractivity contribution >= 4 is 18.0 Å². The monoisotopic (exact) mass is 334 g/mol. The van der Waals surface area contributed by atoms with E-state index < -0.39 is 24.1 Å². The number of nitrogens with two attached hydrogens (primary N) is 1. The van der Waals surface area contributed by atoms with Gasteiger partial charge in [0, 0.05) is 6.04 Å². The lowest BCUT2D eigenvalue weighted by Crippen LogP contribution is -2.40. The van der Waals surface area contributed by atoms with Gasteiger partial charge in [0.05, 0.1) is 13.5 Å². The molecule has 4 atom stereocenters. The lowest BCUT2D eigenvalue weighted by Gasteiger charge is -2.21. The zero-order chi connectivity index (χ0) is 18.6. The molecule has 0 saturated carbocycles. The highest BCUT2D eigenvalue weighted by Crippen LogP contribution is 2.11. The lowest BCUT2D eigenvalue weighted by molar-refractivity contribution is -0.140. The summed E-state index contributed by atoms with van der Waals surface area (Å²) in [5.74, 6) is -1.65. The van der Waals surface area contributed by atoms with Crippen molar-refractivity contribution < 1.29 is 29.3 Å². The van der Waals surface area contributed by atoms with E-state index in [0.717, 1.165) is 12.8 Å². The Morgan fingerprint density at radius 2 is 1.57 bits per heavy atom. The van der Waals surface area contributed by atoms with E-state index in [2.05, 4.69) is 10.1 Å². The number of amides is 1. The molecular formula is C15H30N2O6. The number of ether oxygens (including phenoxy) is 1. The third-order valence-corrected chi connectivity index (χ3v) is 3.76. The Labute approximate surface area is 137 Å². The van der Waals surface area contributed by atoms with Crippen molar-refractivity contribution in [3.63, 3.8) is 0 Å². The van der Waals surface area contributed by atoms with Crippen molar-refractivity contribution in [2.45, 2.75) is 59.0 Å². The van der Waals surface area contributed by atoms with Gasteiger partial charge in [0.25, 0.3) is 0 Å². The van der Waals surface area contributed by atoms with Gasteiger partial charge in [-0.05, 0) is 11.8 Å². The van der Waals surface area contributed by atoms with Gasteiger partial charge in [0.15, 0.2) is 0 Å². The summed E-state index contributed by atoms with van der Waals surface area (Å²) in [4.78, 5) is 31.6. The largest absolute Gasteiger partial charge is 0.481 e. The van der Waals surface area contributed by atoms with Crippen molar-refractivity contribution in [3.8, 4) is 0 Å². The Balaban J connectivity index is 0. The lowest BCUT2D eigenvalue weighted by atomic mass is 9.96. The van der Waals surface area contributed by atoms with Gasteiger partial charge >= 0.3 is 18.0 Å². The molecule has 0 spiro atoms. The molecular weight excluding hydrogens is 304 g/mol. The summed E-state index contributed by atoms with van der Waals surface area (Å²) in [6.07, 6.45) is 0.955. The fourth-order valence-electron chi connectivity index (χ4n) is 1.57. The predicted octanol–water partition coefficient (Wildman–Crippen LogP) is 1.68. The van der Waals surface area contributed by atoms with Gasteiger partial charge in [-0.2, -0.15) is 0 Å². The van der Waals surface area contributed by atoms with Crippen LogP contribution in [0.15, 0.2) is 0 Å². The molecule has 0 bridgehead atoms. The molecule has 0 radical (unpaired) electrons. The standard InChI is InChI=1S/C9H17NO4.C6H13NO2/c1-4-6(2)7(5-8(11)12)10-9(13)14-3;1-3-4(2)5(7)6(8)9/h6-7H,4-5H2,1-3H3,(H,10,13)(H,11,12);4-5H,3,7H2,1-2H3,(H,8,9)/t6-,7-;4-,5-/m00/s1. The van der Waals surface area contributed by atoms with Crippen LogP contribution < -0.4 is 11.1 Å². The zero-order valence-corrected chi connectivity index (χ0v) is 14.5. The predicted molar refractivity (Wildman–Crippen MR) is 86.1 cm³/mol. The Morgan fingerprint density at radius 3 is 1.83 bits per heavy atom. The van der Waals surface area contributed by atoms with E-state index in [1.54, 1.807) is 0 Å². The third kappa shape index (κ3) is 11.4. The van der Waals surface area contributed by atoms with Crippen LogP contribution in [0.2, 0.25) is 0 Å². The molecule has 0 aromatic carbocycles. The first kappa shape index (κ1) is 23.4. The van der Waals surface area contributed by atoms with Crippen LogP contribution in [0, 0.1) is 11.8 Å². The van der Waals surface area contributed by atoms with Crippen LogP contribution in [0.3, 0.4) is 0 Å². The maximum atomic E-state index is 10.9. The van der Waals surface area contributed by atoms with Gasteiger partial charge in [0.1, 0.15) is 6.04 Å². The van der Waals surface area contributed by atoms with Crippen molar-refractivity contribution in [1.29, 1.82) is 0 Å². The van der Waals surface area contributed by atoms with Gasteiger partial charge < -0.3 is 26.0 Å². The number of carbonyl (C=O) groups excluding carboxylic acids is 1. The van der Waals surface area contributed by atoms with E-state index in [-0.39, 0.29) is 24.3 Å². The minimum Gasteiger partial charge on any atom is -0.481 e. The average molecular weight is 334 g/mol. The zero-order valence-electron chi connectivity index (χ0n) is 14.5. The van der Waals surface area contributed by atoms with E-state index in [9.17, 15) is 14.4 Å². The molecule has 0 aliphatic rings. The van der Waals surface area contributed by atoms with Crippen LogP contribution in [0.4, 0.5) is 4.79 Å². The summed E-state index contributed by atoms with van der Waals surface area (Å²) >= 11 is 0. The molecule has 0 aliphatic heterocycles. The van der Waals surface area contributed by atoms with Crippen molar-refractivity contribution in [1.82, 2.24) is 5.32 Å². The number of nitrogens with one attached hydrogen (secondary N) is 1. The molecule has 1 amide bonds. The number of alkyl carbamates (subject to hydrolysis) is 1. The molecule has 23 heavy (non-hydrogen) atoms. The van der Waals surface area contributed by atoms with Crippen LogP contribution >= 0.6 is 0 Å². The van der Waals surface area contributed by atoms with Crippen LogP contribution in [0.1, 0.15) is 47.0 Å². The van der Waals surface area contributed by atoms with Gasteiger partial charge in [0.2, 0.25) is 0 Å². The Hall–Kier alpha value is -1.83. The number of hydrogen-bond acceptors (Lipinski definition) is 5. The highest BCUT2D eigenvalue weighted by Gasteiger charge is 2.21. The van der Waals surface area contributed by atoms with Gasteiger partial charge in [-0.1, -0.05) is 40.5 Å². The summed E-state index contributed by atoms with van der Waals surface area (Å²) in [5, 5.41) is 19.5. The van der Waals surface area contributed by atoms with Crippen molar-refractivity contribution in [2.75, 3.05) is 7.11 Å². The molecule has 0 aromatic heterocycles. The smallest absolute Gasteiger partial charge is 0.407 e. The number of carbonyl (C=O) groups is 3. The first-order valence-corrected chi connectivity index (χ1v) is 7.65. The first-order valence-electron chi connectivity index (χ1n) is 7.65. The van der Waals surface area contributed by atoms with E-state index in [1.165, 1.54) is 7.11 Å². The molecule has 0 unspecified atom stereocenters. The minimum absolute atomic E-state index is 0.0718. The number of hydrogen-bond donors (Lipinski definition) is 4. The first-order chi connectivity index (χ1) is 10.6. The van der Waals surface area contributed by atoms with Crippen LogP contribution in [0.25, 0.3) is 0 Å². The molecule has 0 rings (SSSR count). The highest BCUT2D eigenvalue weighted by atomic mass is 16.5. The number of carboxylic acids is 2. The molecule has 136 valence electrons. The number of methoxy groups -OCH3 is 1. The molecule has 0 aromatic rings. The Kier molecular flexibility index (Phi) is 12.9. The van der Waals surface area contributed by atoms with Gasteiger partial charge in [-0.3, -0.25) is 9.59 Å². The molecule has 5 N–H and O–H groups in total. The summed E-state index contributed by atoms with van der Waals surface area (Å²) in [5.41, 5.74) is 5.27. The molecule has 8 nitrogen and oxygen atoms in total. The summed E-state index contributed by atoms with van der Waals surface area (Å²) in [6.45, 7) is 7.59. The van der Waals surface area contributed by atoms with Crippen LogP contribution in [-0.4, -0.2) is 47.4 Å². The molecule has 0 saturated heterocycles. The number of rotatable bonds is 8. The van der Waals surface area contributed by atoms with Gasteiger partial charge in [-0.25, -0.2) is 4.79 Å². The number of carboxylic acid groups (broad SMARTS) is 2. The van der Waals surface area contributed by atoms with Crippen molar-refractivity contribution in [2.24, 2.45) is 17.6 Å². The SMILES string of the molecule is CC[C@H](C)[C@H](CC(=O)O)NC(=O)OC.CC[C@H](C)[C@H](N)C(=O)O. The Bertz CT molecular complexity index is 375. The molecule has 8 heteroatoms. The molecule has 0 fully saturated rings. The second kappa shape index (κ2) is 12.7. The van der Waals surface area contributed by atoms with E-state index in [4.69, 9.17) is 15.9 Å². The fourth-order valence-corrected chi connectivity index (χ4v) is 1.57. The molecule has 0 heterocycles. The normalized spacial score (nSPS) is 15.2. The topological polar surface area (TPSA) is 139 Å². The summed E-state index contributed by atoms with van der Waals surface area (Å²) in [7, 11) is 1.25. The maximum Gasteiger partial charge on any atom is 0.407 e. The highest BCUT2D eigenvalue weighted by molar-refractivity contribution is 5.73. The second-order valence-corrected chi connectivity index (χ2v) is 5.48. The summed E-state index contributed by atoms with van der Waals surface area (Å²) in [6, 6.07) is -1.07. The fraction of sp³-hybridized carbons (Fsp3) is 0.800. The van der Waals surface area contributed by atoms with E-state index >= 15 is 0 Å². The molecule has 0 aliphatic carbocycles. The van der Waals surface area contributed by atoms with E-state index in [0.29, 0.717) is 0 Å². The van der Waals surface area contributed by atoms with Crippen LogP contribution in [0.5, 0.6) is 0 Å². The van der Waals surface area contributed by atoms with Crippen LogP contribution in [-0.2, 0) is 14.3 Å². The Morgan fingerprint density at radius 1 is 1.09 bits per heavy atom. The number of aliphatic carboxylic acids is 2. The third-order valence-electron chi connectivity index (χ3n) is 3.76. The van der Waals surface area contributed by atoms with E-state index in [1.807, 2.05) is 27.7 Å². The maximum absolute atomic E-state index is 10.9. The minimum atomic E-state index is -0.924. The average Bonchev–Trinajstić information content (AvgIpc) is 2.51. The summed E-state index contributed by atoms with van der Waals surface area (Å²) < 4.78 is 4.41. The van der Waals surface area contributed by atoms with Gasteiger partial charge in [-0.15, -0.1) is 0 Å². The quantitative estimate of drug-likeness (QED) is 0.529.